The molecule has 0 radical (unpaired) electrons. The van der Waals surface area contributed by atoms with Crippen LogP contribution >= 0.6 is 11.3 Å². The monoisotopic (exact) mass is 297 g/mol. The third-order valence-corrected chi connectivity index (χ3v) is 4.99. The highest BCUT2D eigenvalue weighted by Crippen LogP contribution is 2.23. The molecule has 0 unspecified atom stereocenters. The van der Waals surface area contributed by atoms with Crippen LogP contribution in [0.5, 0.6) is 0 Å². The first-order valence-electron chi connectivity index (χ1n) is 7.04. The third-order valence-electron chi connectivity index (χ3n) is 3.85. The molecule has 0 saturated carbocycles. The van der Waals surface area contributed by atoms with Crippen LogP contribution in [0.1, 0.15) is 28.4 Å². The van der Waals surface area contributed by atoms with Gasteiger partial charge in [-0.1, -0.05) is 0 Å². The second-order valence-electron chi connectivity index (χ2n) is 5.20. The lowest BCUT2D eigenvalue weighted by Crippen LogP contribution is -2.54. The fourth-order valence-corrected chi connectivity index (χ4v) is 3.55. The van der Waals surface area contributed by atoms with Crippen LogP contribution in [0.25, 0.3) is 0 Å². The van der Waals surface area contributed by atoms with Crippen LogP contribution in [0.2, 0.25) is 0 Å². The molecule has 2 heterocycles. The summed E-state index contributed by atoms with van der Waals surface area (Å²) < 4.78 is 5.51. The molecule has 112 valence electrons. The van der Waals surface area contributed by atoms with Crippen molar-refractivity contribution in [3.05, 3.63) is 15.6 Å². The smallest absolute Gasteiger partial charge is 0.252 e. The second kappa shape index (κ2) is 6.65. The number of amides is 1. The van der Waals surface area contributed by atoms with Gasteiger partial charge in [-0.25, -0.2) is 4.98 Å². The van der Waals surface area contributed by atoms with Gasteiger partial charge in [-0.2, -0.15) is 0 Å². The lowest BCUT2D eigenvalue weighted by Gasteiger charge is -2.34. The number of rotatable bonds is 5. The summed E-state index contributed by atoms with van der Waals surface area (Å²) in [5, 5.41) is 7.35. The summed E-state index contributed by atoms with van der Waals surface area (Å²) in [5.74, 6) is 0.0143. The zero-order chi connectivity index (χ0) is 14.6. The Labute approximate surface area is 124 Å². The van der Waals surface area contributed by atoms with Crippen molar-refractivity contribution in [2.24, 2.45) is 0 Å². The summed E-state index contributed by atoms with van der Waals surface area (Å²) >= 11 is 1.70. The standard InChI is InChI=1S/C14H23N3O2S/c1-10-12(20-11(2)17-10)4-7-16-13(18)14(19-3)5-8-15-9-6-14/h15H,4-9H2,1-3H3,(H,16,18). The van der Waals surface area contributed by atoms with Crippen molar-refractivity contribution in [3.8, 4) is 0 Å². The molecule has 2 N–H and O–H groups in total. The molecule has 20 heavy (non-hydrogen) atoms. The van der Waals surface area contributed by atoms with Gasteiger partial charge in [0.2, 0.25) is 0 Å². The van der Waals surface area contributed by atoms with E-state index in [0.717, 1.165) is 43.1 Å². The second-order valence-corrected chi connectivity index (χ2v) is 6.48. The molecule has 0 aromatic carbocycles. The minimum atomic E-state index is -0.649. The molecule has 1 aliphatic heterocycles. The van der Waals surface area contributed by atoms with E-state index in [0.29, 0.717) is 6.54 Å². The molecule has 1 fully saturated rings. The first kappa shape index (κ1) is 15.4. The van der Waals surface area contributed by atoms with E-state index < -0.39 is 5.60 Å². The summed E-state index contributed by atoms with van der Waals surface area (Å²) in [7, 11) is 1.63. The van der Waals surface area contributed by atoms with Gasteiger partial charge < -0.3 is 15.4 Å². The average molecular weight is 297 g/mol. The highest BCUT2D eigenvalue weighted by Gasteiger charge is 2.39. The van der Waals surface area contributed by atoms with Crippen LogP contribution in [0.4, 0.5) is 0 Å². The Balaban J connectivity index is 1.86. The first-order chi connectivity index (χ1) is 9.57. The van der Waals surface area contributed by atoms with Gasteiger partial charge in [0.25, 0.3) is 5.91 Å². The van der Waals surface area contributed by atoms with Gasteiger partial charge in [-0.05, 0) is 39.8 Å². The topological polar surface area (TPSA) is 63.2 Å². The van der Waals surface area contributed by atoms with Crippen LogP contribution in [0.15, 0.2) is 0 Å². The van der Waals surface area contributed by atoms with E-state index in [9.17, 15) is 4.79 Å². The molecule has 1 saturated heterocycles. The number of carbonyl (C=O) groups excluding carboxylic acids is 1. The Morgan fingerprint density at radius 3 is 2.70 bits per heavy atom. The van der Waals surface area contributed by atoms with Crippen LogP contribution in [0.3, 0.4) is 0 Å². The van der Waals surface area contributed by atoms with E-state index in [2.05, 4.69) is 15.6 Å². The number of hydrogen-bond acceptors (Lipinski definition) is 5. The van der Waals surface area contributed by atoms with Gasteiger partial charge in [-0.3, -0.25) is 4.79 Å². The van der Waals surface area contributed by atoms with Gasteiger partial charge in [0.15, 0.2) is 0 Å². The van der Waals surface area contributed by atoms with E-state index in [-0.39, 0.29) is 5.91 Å². The average Bonchev–Trinajstić information content (AvgIpc) is 2.77. The minimum Gasteiger partial charge on any atom is -0.368 e. The normalized spacial score (nSPS) is 17.9. The van der Waals surface area contributed by atoms with E-state index in [4.69, 9.17) is 4.74 Å². The zero-order valence-corrected chi connectivity index (χ0v) is 13.2. The molecule has 1 aromatic rings. The number of hydrogen-bond donors (Lipinski definition) is 2. The number of piperidine rings is 1. The van der Waals surface area contributed by atoms with Crippen molar-refractivity contribution in [1.82, 2.24) is 15.6 Å². The Hall–Kier alpha value is -0.980. The van der Waals surface area contributed by atoms with Crippen molar-refractivity contribution in [1.29, 1.82) is 0 Å². The fraction of sp³-hybridized carbons (Fsp3) is 0.714. The summed E-state index contributed by atoms with van der Waals surface area (Å²) in [4.78, 5) is 18.0. The molecule has 5 nitrogen and oxygen atoms in total. The van der Waals surface area contributed by atoms with Gasteiger partial charge in [-0.15, -0.1) is 11.3 Å². The van der Waals surface area contributed by atoms with Crippen LogP contribution in [0, 0.1) is 13.8 Å². The Kier molecular flexibility index (Phi) is 5.12. The van der Waals surface area contributed by atoms with Crippen LogP contribution in [-0.2, 0) is 16.0 Å². The molecule has 1 aromatic heterocycles. The van der Waals surface area contributed by atoms with E-state index in [1.165, 1.54) is 4.88 Å². The number of ether oxygens (including phenoxy) is 1. The maximum absolute atomic E-state index is 12.4. The predicted molar refractivity (Wildman–Crippen MR) is 80.1 cm³/mol. The zero-order valence-electron chi connectivity index (χ0n) is 12.4. The number of aromatic nitrogens is 1. The number of nitrogens with one attached hydrogen (secondary N) is 2. The maximum atomic E-state index is 12.4. The predicted octanol–water partition coefficient (Wildman–Crippen LogP) is 1.19. The minimum absolute atomic E-state index is 0.0143. The summed E-state index contributed by atoms with van der Waals surface area (Å²) in [5.41, 5.74) is 0.425. The number of thiazole rings is 1. The fourth-order valence-electron chi connectivity index (χ4n) is 2.61. The van der Waals surface area contributed by atoms with Gasteiger partial charge in [0.05, 0.1) is 10.7 Å². The number of carbonyl (C=O) groups is 1. The lowest BCUT2D eigenvalue weighted by atomic mass is 9.91. The summed E-state index contributed by atoms with van der Waals surface area (Å²) in [6.45, 7) is 6.32. The summed E-state index contributed by atoms with van der Waals surface area (Å²) in [6, 6.07) is 0. The van der Waals surface area contributed by atoms with Crippen LogP contribution < -0.4 is 10.6 Å². The molecular weight excluding hydrogens is 274 g/mol. The van der Waals surface area contributed by atoms with Gasteiger partial charge in [0.1, 0.15) is 5.60 Å². The Bertz CT molecular complexity index is 467. The summed E-state index contributed by atoms with van der Waals surface area (Å²) in [6.07, 6.45) is 2.29. The highest BCUT2D eigenvalue weighted by molar-refractivity contribution is 7.11. The molecule has 2 rings (SSSR count). The van der Waals surface area contributed by atoms with Crippen molar-refractivity contribution in [2.75, 3.05) is 26.7 Å². The van der Waals surface area contributed by atoms with Gasteiger partial charge in [0, 0.05) is 25.0 Å². The van der Waals surface area contributed by atoms with E-state index >= 15 is 0 Å². The lowest BCUT2D eigenvalue weighted by molar-refractivity contribution is -0.146. The molecular formula is C14H23N3O2S. The van der Waals surface area contributed by atoms with Crippen molar-refractivity contribution in [2.45, 2.75) is 38.7 Å². The Morgan fingerprint density at radius 2 is 2.15 bits per heavy atom. The van der Waals surface area contributed by atoms with Crippen LogP contribution in [-0.4, -0.2) is 43.2 Å². The van der Waals surface area contributed by atoms with Crippen molar-refractivity contribution in [3.63, 3.8) is 0 Å². The number of nitrogens with zero attached hydrogens (tertiary/aromatic N) is 1. The largest absolute Gasteiger partial charge is 0.368 e. The SMILES string of the molecule is COC1(C(=O)NCCc2sc(C)nc2C)CCNCC1. The Morgan fingerprint density at radius 1 is 1.45 bits per heavy atom. The first-order valence-corrected chi connectivity index (χ1v) is 7.86. The molecule has 0 bridgehead atoms. The quantitative estimate of drug-likeness (QED) is 0.857. The molecule has 0 spiro atoms. The maximum Gasteiger partial charge on any atom is 0.252 e. The number of aryl methyl sites for hydroxylation is 2. The molecule has 6 heteroatoms. The van der Waals surface area contributed by atoms with E-state index in [1.807, 2.05) is 13.8 Å². The van der Waals surface area contributed by atoms with Crippen molar-refractivity contribution >= 4 is 17.2 Å². The molecule has 0 aliphatic carbocycles. The molecule has 1 amide bonds. The van der Waals surface area contributed by atoms with E-state index in [1.54, 1.807) is 18.4 Å². The molecule has 1 aliphatic rings. The van der Waals surface area contributed by atoms with Crippen molar-refractivity contribution < 1.29 is 9.53 Å². The molecule has 0 atom stereocenters. The number of methoxy groups -OCH3 is 1. The third kappa shape index (κ3) is 3.37. The highest BCUT2D eigenvalue weighted by atomic mass is 32.1. The van der Waals surface area contributed by atoms with Gasteiger partial charge >= 0.3 is 0 Å².